The van der Waals surface area contributed by atoms with Gasteiger partial charge in [0.05, 0.1) is 0 Å². The van der Waals surface area contributed by atoms with Gasteiger partial charge in [0.2, 0.25) is 0 Å². The van der Waals surface area contributed by atoms with Crippen molar-refractivity contribution in [3.05, 3.63) is 229 Å². The first kappa shape index (κ1) is 37.1. The maximum Gasteiger partial charge on any atom is 0.0159 e. The zero-order valence-electron chi connectivity index (χ0n) is 36.6. The molecule has 0 saturated heterocycles. The van der Waals surface area contributed by atoms with E-state index in [9.17, 15) is 0 Å². The van der Waals surface area contributed by atoms with Crippen LogP contribution in [0.2, 0.25) is 0 Å². The molecule has 0 bridgehead atoms. The van der Waals surface area contributed by atoms with E-state index in [-0.39, 0.29) is 10.8 Å². The van der Waals surface area contributed by atoms with Crippen LogP contribution in [0.15, 0.2) is 206 Å². The highest BCUT2D eigenvalue weighted by molar-refractivity contribution is 6.25. The van der Waals surface area contributed by atoms with Gasteiger partial charge in [-0.15, -0.1) is 0 Å². The summed E-state index contributed by atoms with van der Waals surface area (Å²) in [5, 5.41) is 10.1. The molecule has 0 fully saturated rings. The fraction of sp³-hybridized carbons (Fsp3) is 0.0938. The average molecular weight is 815 g/mol. The van der Waals surface area contributed by atoms with Crippen molar-refractivity contribution < 1.29 is 0 Å². The van der Waals surface area contributed by atoms with E-state index < -0.39 is 0 Å². The van der Waals surface area contributed by atoms with E-state index in [1.165, 1.54) is 132 Å². The fourth-order valence-corrected chi connectivity index (χ4v) is 11.9. The number of benzene rings is 11. The molecule has 0 spiro atoms. The maximum atomic E-state index is 2.48. The van der Waals surface area contributed by atoms with Crippen LogP contribution in [0.5, 0.6) is 0 Å². The van der Waals surface area contributed by atoms with Crippen LogP contribution < -0.4 is 0 Å². The second-order valence-corrected chi connectivity index (χ2v) is 19.2. The molecular weight excluding hydrogens is 769 g/mol. The van der Waals surface area contributed by atoms with Crippen LogP contribution >= 0.6 is 0 Å². The lowest BCUT2D eigenvalue weighted by molar-refractivity contribution is 0.660. The van der Waals surface area contributed by atoms with Gasteiger partial charge in [-0.2, -0.15) is 0 Å². The minimum atomic E-state index is -0.0689. The first-order valence-electron chi connectivity index (χ1n) is 22.8. The molecule has 0 heterocycles. The summed E-state index contributed by atoms with van der Waals surface area (Å²) in [7, 11) is 0. The Morgan fingerprint density at radius 2 is 0.688 bits per heavy atom. The van der Waals surface area contributed by atoms with Crippen molar-refractivity contribution >= 4 is 43.1 Å². The first-order valence-corrected chi connectivity index (χ1v) is 22.8. The third-order valence-corrected chi connectivity index (χ3v) is 15.1. The Balaban J connectivity index is 1.08. The number of hydrogen-bond acceptors (Lipinski definition) is 0. The normalized spacial score (nSPS) is 14.2. The van der Waals surface area contributed by atoms with Gasteiger partial charge in [0.15, 0.2) is 0 Å². The molecule has 11 aromatic rings. The second-order valence-electron chi connectivity index (χ2n) is 19.2. The van der Waals surface area contributed by atoms with Gasteiger partial charge in [0.25, 0.3) is 0 Å². The van der Waals surface area contributed by atoms with Gasteiger partial charge in [-0.25, -0.2) is 0 Å². The van der Waals surface area contributed by atoms with E-state index in [1.807, 2.05) is 0 Å². The summed E-state index contributed by atoms with van der Waals surface area (Å²) in [6.45, 7) is 9.48. The summed E-state index contributed by atoms with van der Waals surface area (Å²) in [5.74, 6) is 0. The Morgan fingerprint density at radius 1 is 0.234 bits per heavy atom. The molecule has 13 rings (SSSR count). The number of fused-ring (bicyclic) bond motifs is 10. The molecule has 0 N–H and O–H groups in total. The monoisotopic (exact) mass is 814 g/mol. The summed E-state index contributed by atoms with van der Waals surface area (Å²) >= 11 is 0. The predicted molar refractivity (Wildman–Crippen MR) is 273 cm³/mol. The maximum absolute atomic E-state index is 2.48. The van der Waals surface area contributed by atoms with E-state index in [0.717, 1.165) is 0 Å². The Bertz CT molecular complexity index is 3770. The van der Waals surface area contributed by atoms with Gasteiger partial charge in [0, 0.05) is 10.8 Å². The first-order chi connectivity index (χ1) is 31.3. The highest BCUT2D eigenvalue weighted by atomic mass is 14.4. The number of rotatable bonds is 4. The molecule has 0 heteroatoms. The molecule has 0 unspecified atom stereocenters. The van der Waals surface area contributed by atoms with Crippen molar-refractivity contribution in [1.82, 2.24) is 0 Å². The van der Waals surface area contributed by atoms with Crippen LogP contribution in [0.25, 0.3) is 110 Å². The molecular formula is C64H46. The van der Waals surface area contributed by atoms with Gasteiger partial charge >= 0.3 is 0 Å². The average Bonchev–Trinajstić information content (AvgIpc) is 3.71. The third-order valence-electron chi connectivity index (χ3n) is 15.1. The molecule has 0 aromatic heterocycles. The van der Waals surface area contributed by atoms with Crippen molar-refractivity contribution in [3.63, 3.8) is 0 Å². The highest BCUT2D eigenvalue weighted by Crippen LogP contribution is 2.53. The SMILES string of the molecule is CC1(C)c2ccccc2-c2cc(-c3c4ccccc4c(-c4ccc(-c5ccc6c(c5)C(C)(C)c5ccccc5-6)c5ccccc45)c4ccc(-c5cccc6ccccc56)cc34)ccc21. The zero-order valence-corrected chi connectivity index (χ0v) is 36.6. The lowest BCUT2D eigenvalue weighted by atomic mass is 9.80. The Morgan fingerprint density at radius 3 is 1.45 bits per heavy atom. The summed E-state index contributed by atoms with van der Waals surface area (Å²) in [6.07, 6.45) is 0. The molecule has 0 atom stereocenters. The van der Waals surface area contributed by atoms with Gasteiger partial charge < -0.3 is 0 Å². The minimum absolute atomic E-state index is 0.0613. The predicted octanol–water partition coefficient (Wildman–Crippen LogP) is 17.6. The molecule has 2 aliphatic rings. The summed E-state index contributed by atoms with van der Waals surface area (Å²) in [6, 6.07) is 78.0. The lowest BCUT2D eigenvalue weighted by Gasteiger charge is -2.23. The molecule has 302 valence electrons. The van der Waals surface area contributed by atoms with Crippen LogP contribution in [0.1, 0.15) is 49.9 Å². The quantitative estimate of drug-likeness (QED) is 0.155. The molecule has 0 amide bonds. The van der Waals surface area contributed by atoms with Crippen LogP contribution in [0.3, 0.4) is 0 Å². The van der Waals surface area contributed by atoms with E-state index in [4.69, 9.17) is 0 Å². The zero-order chi connectivity index (χ0) is 42.9. The Labute approximate surface area is 375 Å². The van der Waals surface area contributed by atoms with E-state index in [0.29, 0.717) is 0 Å². The van der Waals surface area contributed by atoms with Crippen molar-refractivity contribution in [2.75, 3.05) is 0 Å². The second kappa shape index (κ2) is 13.5. The van der Waals surface area contributed by atoms with Crippen molar-refractivity contribution in [1.29, 1.82) is 0 Å². The lowest BCUT2D eigenvalue weighted by Crippen LogP contribution is -2.14. The summed E-state index contributed by atoms with van der Waals surface area (Å²) < 4.78 is 0. The van der Waals surface area contributed by atoms with Crippen LogP contribution in [-0.2, 0) is 10.8 Å². The van der Waals surface area contributed by atoms with Gasteiger partial charge in [-0.3, -0.25) is 0 Å². The van der Waals surface area contributed by atoms with E-state index in [2.05, 4.69) is 234 Å². The smallest absolute Gasteiger partial charge is 0.0159 e. The Hall–Kier alpha value is -7.54. The van der Waals surface area contributed by atoms with Crippen LogP contribution in [-0.4, -0.2) is 0 Å². The van der Waals surface area contributed by atoms with Crippen molar-refractivity contribution in [2.45, 2.75) is 38.5 Å². The standard InChI is InChI=1S/C64H46/c1-63(2)58-27-14-12-22-49(58)55-37-42(30-35-59(55)63)61-51-23-9-10-24-52(51)62(54-32-29-40(36-56(54)61)44-25-15-17-39-16-5-6-18-43(39)44)53-34-33-45(46-19-7-8-20-47(46)53)41-28-31-50-48-21-11-13-26-57(48)64(3,4)60(50)38-41/h5-38H,1-4H3. The molecule has 2 aliphatic carbocycles. The molecule has 11 aromatic carbocycles. The van der Waals surface area contributed by atoms with E-state index in [1.54, 1.807) is 0 Å². The van der Waals surface area contributed by atoms with Crippen molar-refractivity contribution in [2.24, 2.45) is 0 Å². The van der Waals surface area contributed by atoms with Gasteiger partial charge in [-0.1, -0.05) is 216 Å². The van der Waals surface area contributed by atoms with Crippen LogP contribution in [0, 0.1) is 0 Å². The Kier molecular flexibility index (Phi) is 7.80. The van der Waals surface area contributed by atoms with Gasteiger partial charge in [0.1, 0.15) is 0 Å². The third kappa shape index (κ3) is 5.17. The van der Waals surface area contributed by atoms with Crippen LogP contribution in [0.4, 0.5) is 0 Å². The molecule has 0 aliphatic heterocycles. The summed E-state index contributed by atoms with van der Waals surface area (Å²) in [5.41, 5.74) is 20.9. The van der Waals surface area contributed by atoms with Crippen molar-refractivity contribution in [3.8, 4) is 66.8 Å². The highest BCUT2D eigenvalue weighted by Gasteiger charge is 2.37. The van der Waals surface area contributed by atoms with Gasteiger partial charge in [-0.05, 0) is 150 Å². The molecule has 0 radical (unpaired) electrons. The fourth-order valence-electron chi connectivity index (χ4n) is 11.9. The molecule has 0 saturated carbocycles. The molecule has 64 heavy (non-hydrogen) atoms. The van der Waals surface area contributed by atoms with E-state index >= 15 is 0 Å². The topological polar surface area (TPSA) is 0 Å². The number of hydrogen-bond donors (Lipinski definition) is 0. The molecule has 0 nitrogen and oxygen atoms in total. The largest absolute Gasteiger partial charge is 0.0619 e. The summed E-state index contributed by atoms with van der Waals surface area (Å²) in [4.78, 5) is 0. The minimum Gasteiger partial charge on any atom is -0.0619 e.